The summed E-state index contributed by atoms with van der Waals surface area (Å²) in [6.45, 7) is 2.20. The molecular formula is C17H16N2O5. The maximum absolute atomic E-state index is 12.3. The number of carbonyl (C=O) groups excluding carboxylic acids is 2. The second kappa shape index (κ2) is 6.91. The van der Waals surface area contributed by atoms with Gasteiger partial charge in [-0.05, 0) is 43.3 Å². The van der Waals surface area contributed by atoms with Gasteiger partial charge >= 0.3 is 6.09 Å². The molecule has 24 heavy (non-hydrogen) atoms. The highest BCUT2D eigenvalue weighted by molar-refractivity contribution is 6.04. The van der Waals surface area contributed by atoms with Crippen LogP contribution in [0.5, 0.6) is 11.5 Å². The zero-order valence-electron chi connectivity index (χ0n) is 13.0. The Bertz CT molecular complexity index is 758. The van der Waals surface area contributed by atoms with Gasteiger partial charge < -0.3 is 19.5 Å². The third kappa shape index (κ3) is 3.57. The molecule has 2 amide bonds. The van der Waals surface area contributed by atoms with Gasteiger partial charge in [0.05, 0.1) is 6.61 Å². The van der Waals surface area contributed by atoms with Gasteiger partial charge in [0.1, 0.15) is 0 Å². The molecule has 2 N–H and O–H groups in total. The molecule has 2 aromatic rings. The molecule has 0 aromatic heterocycles. The lowest BCUT2D eigenvalue weighted by Gasteiger charge is -2.08. The summed E-state index contributed by atoms with van der Waals surface area (Å²) in [6, 6.07) is 11.7. The second-order valence-corrected chi connectivity index (χ2v) is 4.94. The van der Waals surface area contributed by atoms with Crippen molar-refractivity contribution in [1.82, 2.24) is 0 Å². The Hall–Kier alpha value is -3.22. The maximum atomic E-state index is 12.3. The van der Waals surface area contributed by atoms with Crippen molar-refractivity contribution in [3.8, 4) is 11.5 Å². The first kappa shape index (κ1) is 15.7. The summed E-state index contributed by atoms with van der Waals surface area (Å²) in [5.41, 5.74) is 1.62. The summed E-state index contributed by atoms with van der Waals surface area (Å²) in [7, 11) is 0. The van der Waals surface area contributed by atoms with E-state index in [1.165, 1.54) is 0 Å². The SMILES string of the molecule is CCOC(=O)Nc1ccc(C(=O)Nc2ccc3c(c2)OCO3)cc1. The summed E-state index contributed by atoms with van der Waals surface area (Å²) >= 11 is 0. The van der Waals surface area contributed by atoms with Crippen molar-refractivity contribution < 1.29 is 23.8 Å². The summed E-state index contributed by atoms with van der Waals surface area (Å²) in [6.07, 6.45) is -0.532. The van der Waals surface area contributed by atoms with Gasteiger partial charge in [0, 0.05) is 23.0 Å². The molecule has 0 unspecified atom stereocenters. The molecular weight excluding hydrogens is 312 g/mol. The lowest BCUT2D eigenvalue weighted by atomic mass is 10.2. The van der Waals surface area contributed by atoms with E-state index in [2.05, 4.69) is 10.6 Å². The van der Waals surface area contributed by atoms with Gasteiger partial charge in [0.25, 0.3) is 5.91 Å². The molecule has 2 aromatic carbocycles. The Kier molecular flexibility index (Phi) is 4.51. The van der Waals surface area contributed by atoms with E-state index < -0.39 is 6.09 Å². The van der Waals surface area contributed by atoms with E-state index in [-0.39, 0.29) is 12.7 Å². The van der Waals surface area contributed by atoms with Crippen molar-refractivity contribution >= 4 is 23.4 Å². The van der Waals surface area contributed by atoms with Gasteiger partial charge in [0.15, 0.2) is 11.5 Å². The standard InChI is InChI=1S/C17H16N2O5/c1-2-22-17(21)19-12-5-3-11(4-6-12)16(20)18-13-7-8-14-15(9-13)24-10-23-14/h3-9H,2,10H2,1H3,(H,18,20)(H,19,21). The lowest BCUT2D eigenvalue weighted by molar-refractivity contribution is 0.102. The molecule has 3 rings (SSSR count). The van der Waals surface area contributed by atoms with Gasteiger partial charge in [-0.15, -0.1) is 0 Å². The van der Waals surface area contributed by atoms with E-state index >= 15 is 0 Å². The molecule has 7 nitrogen and oxygen atoms in total. The third-order valence-electron chi connectivity index (χ3n) is 3.30. The van der Waals surface area contributed by atoms with E-state index in [1.807, 2.05) is 0 Å². The minimum atomic E-state index is -0.532. The van der Waals surface area contributed by atoms with Crippen molar-refractivity contribution in [2.45, 2.75) is 6.92 Å². The fourth-order valence-corrected chi connectivity index (χ4v) is 2.17. The van der Waals surface area contributed by atoms with Crippen molar-refractivity contribution in [3.63, 3.8) is 0 Å². The zero-order chi connectivity index (χ0) is 16.9. The molecule has 0 fully saturated rings. The van der Waals surface area contributed by atoms with Crippen LogP contribution in [0.3, 0.4) is 0 Å². The smallest absolute Gasteiger partial charge is 0.411 e. The molecule has 1 heterocycles. The Balaban J connectivity index is 1.63. The number of anilines is 2. The number of benzene rings is 2. The number of hydrogen-bond donors (Lipinski definition) is 2. The fourth-order valence-electron chi connectivity index (χ4n) is 2.17. The maximum Gasteiger partial charge on any atom is 0.411 e. The first-order chi connectivity index (χ1) is 11.7. The molecule has 7 heteroatoms. The topological polar surface area (TPSA) is 85.9 Å². The lowest BCUT2D eigenvalue weighted by Crippen LogP contribution is -2.14. The highest BCUT2D eigenvalue weighted by Gasteiger charge is 2.14. The molecule has 1 aliphatic heterocycles. The minimum Gasteiger partial charge on any atom is -0.454 e. The largest absolute Gasteiger partial charge is 0.454 e. The van der Waals surface area contributed by atoms with Crippen molar-refractivity contribution in [3.05, 3.63) is 48.0 Å². The Morgan fingerprint density at radius 2 is 1.71 bits per heavy atom. The minimum absolute atomic E-state index is 0.182. The molecule has 0 radical (unpaired) electrons. The highest BCUT2D eigenvalue weighted by atomic mass is 16.7. The summed E-state index contributed by atoms with van der Waals surface area (Å²) in [5.74, 6) is 0.987. The van der Waals surface area contributed by atoms with Crippen LogP contribution in [0, 0.1) is 0 Å². The highest BCUT2D eigenvalue weighted by Crippen LogP contribution is 2.34. The molecule has 0 saturated heterocycles. The quantitative estimate of drug-likeness (QED) is 0.900. The first-order valence-corrected chi connectivity index (χ1v) is 7.40. The monoisotopic (exact) mass is 328 g/mol. The number of ether oxygens (including phenoxy) is 3. The molecule has 0 saturated carbocycles. The van der Waals surface area contributed by atoms with Crippen LogP contribution < -0.4 is 20.1 Å². The number of carbonyl (C=O) groups is 2. The Morgan fingerprint density at radius 1 is 1.00 bits per heavy atom. The van der Waals surface area contributed by atoms with Crippen LogP contribution in [0.25, 0.3) is 0 Å². The number of amides is 2. The van der Waals surface area contributed by atoms with Gasteiger partial charge in [-0.2, -0.15) is 0 Å². The molecule has 124 valence electrons. The van der Waals surface area contributed by atoms with E-state index in [0.29, 0.717) is 35.0 Å². The summed E-state index contributed by atoms with van der Waals surface area (Å²) in [4.78, 5) is 23.6. The second-order valence-electron chi connectivity index (χ2n) is 4.94. The predicted molar refractivity (Wildman–Crippen MR) is 87.6 cm³/mol. The Morgan fingerprint density at radius 3 is 2.46 bits per heavy atom. The van der Waals surface area contributed by atoms with E-state index in [4.69, 9.17) is 14.2 Å². The first-order valence-electron chi connectivity index (χ1n) is 7.40. The van der Waals surface area contributed by atoms with Crippen LogP contribution in [0.4, 0.5) is 16.2 Å². The number of hydrogen-bond acceptors (Lipinski definition) is 5. The van der Waals surface area contributed by atoms with Crippen LogP contribution in [0.2, 0.25) is 0 Å². The van der Waals surface area contributed by atoms with Crippen LogP contribution in [0.1, 0.15) is 17.3 Å². The molecule has 0 aliphatic carbocycles. The average molecular weight is 328 g/mol. The van der Waals surface area contributed by atoms with Gasteiger partial charge in [0.2, 0.25) is 6.79 Å². The normalized spacial score (nSPS) is 11.7. The molecule has 0 spiro atoms. The van der Waals surface area contributed by atoms with Crippen LogP contribution in [-0.4, -0.2) is 25.4 Å². The summed E-state index contributed by atoms with van der Waals surface area (Å²) < 4.78 is 15.3. The van der Waals surface area contributed by atoms with Crippen LogP contribution in [-0.2, 0) is 4.74 Å². The molecule has 0 atom stereocenters. The Labute approximate surface area is 138 Å². The molecule has 0 bridgehead atoms. The van der Waals surface area contributed by atoms with Crippen LogP contribution in [0.15, 0.2) is 42.5 Å². The zero-order valence-corrected chi connectivity index (χ0v) is 13.0. The number of rotatable bonds is 4. The van der Waals surface area contributed by atoms with Crippen LogP contribution >= 0.6 is 0 Å². The van der Waals surface area contributed by atoms with E-state index in [0.717, 1.165) is 0 Å². The van der Waals surface area contributed by atoms with Gasteiger partial charge in [-0.25, -0.2) is 4.79 Å². The number of fused-ring (bicyclic) bond motifs is 1. The van der Waals surface area contributed by atoms with Crippen molar-refractivity contribution in [1.29, 1.82) is 0 Å². The fraction of sp³-hybridized carbons (Fsp3) is 0.176. The van der Waals surface area contributed by atoms with Crippen molar-refractivity contribution in [2.75, 3.05) is 24.0 Å². The predicted octanol–water partition coefficient (Wildman–Crippen LogP) is 3.24. The van der Waals surface area contributed by atoms with Crippen molar-refractivity contribution in [2.24, 2.45) is 0 Å². The van der Waals surface area contributed by atoms with Gasteiger partial charge in [-0.3, -0.25) is 10.1 Å². The summed E-state index contributed by atoms with van der Waals surface area (Å²) in [5, 5.41) is 5.35. The van der Waals surface area contributed by atoms with E-state index in [9.17, 15) is 9.59 Å². The number of nitrogens with one attached hydrogen (secondary N) is 2. The van der Waals surface area contributed by atoms with Gasteiger partial charge in [-0.1, -0.05) is 0 Å². The third-order valence-corrected chi connectivity index (χ3v) is 3.30. The molecule has 1 aliphatic rings. The van der Waals surface area contributed by atoms with E-state index in [1.54, 1.807) is 49.4 Å². The average Bonchev–Trinajstić information content (AvgIpc) is 3.03.